The molecule has 0 aliphatic carbocycles. The Balaban J connectivity index is 0. The van der Waals surface area contributed by atoms with Crippen molar-refractivity contribution < 1.29 is 4.66 Å². The van der Waals surface area contributed by atoms with E-state index in [0.717, 1.165) is 13.1 Å². The molecule has 0 atom stereocenters. The van der Waals surface area contributed by atoms with E-state index in [-0.39, 0.29) is 0 Å². The molecule has 0 unspecified atom stereocenters. The fraction of sp³-hybridized carbons (Fsp3) is 0.333. The molecule has 0 aliphatic rings. The summed E-state index contributed by atoms with van der Waals surface area (Å²) in [5.74, 6) is 0. The molecule has 0 heterocycles. The van der Waals surface area contributed by atoms with Gasteiger partial charge in [-0.05, 0) is 0 Å². The van der Waals surface area contributed by atoms with E-state index in [4.69, 9.17) is 4.66 Å². The molecule has 2 N–H and O–H groups in total. The Morgan fingerprint density at radius 3 is 1.78 bits per heavy atom. The van der Waals surface area contributed by atoms with Gasteiger partial charge in [-0.1, -0.05) is 12.2 Å². The van der Waals surface area contributed by atoms with Crippen LogP contribution in [0.1, 0.15) is 0 Å². The molecule has 2 nitrogen and oxygen atoms in total. The van der Waals surface area contributed by atoms with Crippen molar-refractivity contribution in [1.82, 2.24) is 5.32 Å². The van der Waals surface area contributed by atoms with Crippen LogP contribution in [0.15, 0.2) is 25.3 Å². The summed E-state index contributed by atoms with van der Waals surface area (Å²) in [5, 5.41) is 3.05. The van der Waals surface area contributed by atoms with Gasteiger partial charge in [0.25, 0.3) is 0 Å². The van der Waals surface area contributed by atoms with Gasteiger partial charge in [0, 0.05) is 13.1 Å². The van der Waals surface area contributed by atoms with Gasteiger partial charge in [0.1, 0.15) is 0 Å². The van der Waals surface area contributed by atoms with Gasteiger partial charge in [-0.25, -0.2) is 0 Å². The Morgan fingerprint density at radius 2 is 1.56 bits per heavy atom. The number of rotatable bonds is 4. The molecule has 0 fully saturated rings. The number of halogens is 1. The van der Waals surface area contributed by atoms with Crippen molar-refractivity contribution in [2.24, 2.45) is 0 Å². The highest BCUT2D eigenvalue weighted by Crippen LogP contribution is 1.59. The quantitative estimate of drug-likeness (QED) is 0.463. The Hall–Kier alpha value is -0.310. The molecule has 0 aliphatic heterocycles. The molecule has 0 rings (SSSR count). The zero-order valence-corrected chi connectivity index (χ0v) is 6.06. The van der Waals surface area contributed by atoms with Crippen LogP contribution < -0.4 is 5.32 Å². The van der Waals surface area contributed by atoms with Crippen molar-refractivity contribution in [1.29, 1.82) is 0 Å². The third-order valence-corrected chi connectivity index (χ3v) is 0.577. The first-order chi connectivity index (χ1) is 4.41. The summed E-state index contributed by atoms with van der Waals surface area (Å²) in [5.41, 5.74) is 0. The molecule has 0 aromatic carbocycles. The van der Waals surface area contributed by atoms with Gasteiger partial charge in [-0.15, -0.1) is 13.2 Å². The molecule has 54 valence electrons. The Labute approximate surface area is 61.0 Å². The standard InChI is InChI=1S/C6H11N.ClHO/c1-3-5-7-6-4-2;1-2/h3-4,7H,1-2,5-6H2;2H. The second-order valence-electron chi connectivity index (χ2n) is 1.24. The van der Waals surface area contributed by atoms with Crippen molar-refractivity contribution in [3.63, 3.8) is 0 Å². The van der Waals surface area contributed by atoms with Crippen LogP contribution in [0.5, 0.6) is 0 Å². The topological polar surface area (TPSA) is 32.3 Å². The maximum atomic E-state index is 6.47. The highest BCUT2D eigenvalue weighted by Gasteiger charge is 1.69. The van der Waals surface area contributed by atoms with Gasteiger partial charge in [-0.2, -0.15) is 0 Å². The third kappa shape index (κ3) is 18.3. The van der Waals surface area contributed by atoms with Crippen LogP contribution in [0.25, 0.3) is 0 Å². The minimum atomic E-state index is 0.867. The second kappa shape index (κ2) is 15.6. The SMILES string of the molecule is C=CCNCC=C.OCl. The molecular formula is C6H12ClNO. The monoisotopic (exact) mass is 149 g/mol. The number of hydrogen-bond acceptors (Lipinski definition) is 2. The predicted molar refractivity (Wildman–Crippen MR) is 41.3 cm³/mol. The second-order valence-corrected chi connectivity index (χ2v) is 1.24. The van der Waals surface area contributed by atoms with Gasteiger partial charge in [-0.3, -0.25) is 4.66 Å². The van der Waals surface area contributed by atoms with E-state index in [2.05, 4.69) is 30.3 Å². The van der Waals surface area contributed by atoms with E-state index in [0.29, 0.717) is 0 Å². The van der Waals surface area contributed by atoms with E-state index in [1.165, 1.54) is 0 Å². The number of hydrogen-bond donors (Lipinski definition) is 2. The molecular weight excluding hydrogens is 138 g/mol. The van der Waals surface area contributed by atoms with E-state index in [1.54, 1.807) is 0 Å². The third-order valence-electron chi connectivity index (χ3n) is 0.577. The Bertz CT molecular complexity index is 58.1. The molecule has 0 spiro atoms. The van der Waals surface area contributed by atoms with Crippen molar-refractivity contribution in [3.05, 3.63) is 25.3 Å². The first-order valence-corrected chi connectivity index (χ1v) is 2.85. The summed E-state index contributed by atoms with van der Waals surface area (Å²) in [7, 11) is 0. The van der Waals surface area contributed by atoms with Crippen LogP contribution in [-0.4, -0.2) is 17.7 Å². The minimum Gasteiger partial charge on any atom is -0.310 e. The summed E-state index contributed by atoms with van der Waals surface area (Å²) >= 11 is 3.64. The molecule has 0 aromatic heterocycles. The largest absolute Gasteiger partial charge is 0.310 e. The average Bonchev–Trinajstić information content (AvgIpc) is 1.94. The highest BCUT2D eigenvalue weighted by atomic mass is 35.5. The van der Waals surface area contributed by atoms with E-state index >= 15 is 0 Å². The summed E-state index contributed by atoms with van der Waals surface area (Å²) < 4.78 is 6.47. The summed E-state index contributed by atoms with van der Waals surface area (Å²) in [4.78, 5) is 0. The maximum Gasteiger partial charge on any atom is 0.0579 e. The maximum absolute atomic E-state index is 6.47. The fourth-order valence-electron chi connectivity index (χ4n) is 0.287. The van der Waals surface area contributed by atoms with E-state index < -0.39 is 0 Å². The van der Waals surface area contributed by atoms with Crippen molar-refractivity contribution >= 4 is 11.9 Å². The first-order valence-electron chi connectivity index (χ1n) is 2.51. The lowest BCUT2D eigenvalue weighted by Gasteiger charge is -1.90. The molecule has 0 radical (unpaired) electrons. The molecule has 3 heteroatoms. The molecule has 0 saturated carbocycles. The predicted octanol–water partition coefficient (Wildman–Crippen LogP) is 1.08. The van der Waals surface area contributed by atoms with Crippen molar-refractivity contribution in [3.8, 4) is 0 Å². The normalized spacial score (nSPS) is 6.89. The Kier molecular flexibility index (Phi) is 20.0. The van der Waals surface area contributed by atoms with Crippen LogP contribution in [0.3, 0.4) is 0 Å². The summed E-state index contributed by atoms with van der Waals surface area (Å²) in [6, 6.07) is 0. The average molecular weight is 150 g/mol. The minimum absolute atomic E-state index is 0.867. The molecule has 0 amide bonds. The van der Waals surface area contributed by atoms with Gasteiger partial charge >= 0.3 is 0 Å². The van der Waals surface area contributed by atoms with E-state index in [1.807, 2.05) is 12.2 Å². The van der Waals surface area contributed by atoms with Crippen LogP contribution in [0, 0.1) is 0 Å². The van der Waals surface area contributed by atoms with Gasteiger partial charge in [0.2, 0.25) is 0 Å². The zero-order chi connectivity index (χ0) is 7.54. The van der Waals surface area contributed by atoms with Gasteiger partial charge in [0.05, 0.1) is 11.9 Å². The smallest absolute Gasteiger partial charge is 0.0579 e. The molecule has 9 heavy (non-hydrogen) atoms. The Morgan fingerprint density at radius 1 is 1.22 bits per heavy atom. The highest BCUT2D eigenvalue weighted by molar-refractivity contribution is 6.04. The van der Waals surface area contributed by atoms with Crippen molar-refractivity contribution in [2.45, 2.75) is 0 Å². The van der Waals surface area contributed by atoms with Crippen LogP contribution in [0.4, 0.5) is 0 Å². The summed E-state index contributed by atoms with van der Waals surface area (Å²) in [6.07, 6.45) is 3.65. The molecule has 0 aromatic rings. The van der Waals surface area contributed by atoms with Gasteiger partial charge in [0.15, 0.2) is 0 Å². The van der Waals surface area contributed by atoms with Gasteiger partial charge < -0.3 is 5.32 Å². The van der Waals surface area contributed by atoms with Crippen LogP contribution in [-0.2, 0) is 0 Å². The summed E-state index contributed by atoms with van der Waals surface area (Å²) in [6.45, 7) is 8.81. The van der Waals surface area contributed by atoms with Crippen LogP contribution >= 0.6 is 11.9 Å². The van der Waals surface area contributed by atoms with Crippen LogP contribution in [0.2, 0.25) is 0 Å². The fourth-order valence-corrected chi connectivity index (χ4v) is 0.287. The molecule has 0 bridgehead atoms. The zero-order valence-electron chi connectivity index (χ0n) is 5.31. The van der Waals surface area contributed by atoms with Crippen molar-refractivity contribution in [2.75, 3.05) is 13.1 Å². The lowest BCUT2D eigenvalue weighted by Crippen LogP contribution is -2.11. The lowest BCUT2D eigenvalue weighted by molar-refractivity contribution is 0.632. The molecule has 0 saturated heterocycles. The number of nitrogens with one attached hydrogen (secondary N) is 1. The lowest BCUT2D eigenvalue weighted by atomic mass is 10.5. The van der Waals surface area contributed by atoms with E-state index in [9.17, 15) is 0 Å². The first kappa shape index (κ1) is 11.5.